The van der Waals surface area contributed by atoms with Crippen LogP contribution >= 0.6 is 23.4 Å². The van der Waals surface area contributed by atoms with E-state index in [-0.39, 0.29) is 5.91 Å². The second kappa shape index (κ2) is 9.99. The second-order valence-corrected chi connectivity index (χ2v) is 10.5. The SMILES string of the molecule is C[C@H](Sc1ccc(Cl)cc1)C(=O)N[C@@H](C(=O)OC(C)(C)C)[C@H](C)OC(C)(C)C. The fourth-order valence-electron chi connectivity index (χ4n) is 2.40. The summed E-state index contributed by atoms with van der Waals surface area (Å²) in [6.07, 6.45) is -0.550. The Hall–Kier alpha value is -1.24. The summed E-state index contributed by atoms with van der Waals surface area (Å²) in [7, 11) is 0. The molecule has 28 heavy (non-hydrogen) atoms. The van der Waals surface area contributed by atoms with Crippen molar-refractivity contribution in [1.29, 1.82) is 0 Å². The van der Waals surface area contributed by atoms with E-state index in [4.69, 9.17) is 21.1 Å². The molecule has 0 bridgehead atoms. The number of nitrogens with one attached hydrogen (secondary N) is 1. The number of rotatable bonds is 7. The zero-order chi connectivity index (χ0) is 21.7. The molecule has 1 rings (SSSR count). The molecule has 0 heterocycles. The minimum atomic E-state index is -0.904. The quantitative estimate of drug-likeness (QED) is 0.495. The van der Waals surface area contributed by atoms with Gasteiger partial charge in [0.2, 0.25) is 5.91 Å². The number of amides is 1. The van der Waals surface area contributed by atoms with Crippen molar-refractivity contribution in [2.45, 2.75) is 88.9 Å². The van der Waals surface area contributed by atoms with Gasteiger partial charge in [-0.15, -0.1) is 11.8 Å². The Morgan fingerprint density at radius 1 is 1.00 bits per heavy atom. The predicted molar refractivity (Wildman–Crippen MR) is 115 cm³/mol. The van der Waals surface area contributed by atoms with Gasteiger partial charge in [0.1, 0.15) is 5.60 Å². The first-order chi connectivity index (χ1) is 12.7. The Labute approximate surface area is 177 Å². The van der Waals surface area contributed by atoms with Crippen molar-refractivity contribution in [1.82, 2.24) is 5.32 Å². The third-order valence-electron chi connectivity index (χ3n) is 3.46. The summed E-state index contributed by atoms with van der Waals surface area (Å²) in [5.74, 6) is -0.776. The van der Waals surface area contributed by atoms with Crippen molar-refractivity contribution >= 4 is 35.2 Å². The number of ether oxygens (including phenoxy) is 2. The molecule has 1 aromatic carbocycles. The van der Waals surface area contributed by atoms with Gasteiger partial charge in [-0.25, -0.2) is 4.79 Å². The molecule has 0 aromatic heterocycles. The van der Waals surface area contributed by atoms with Gasteiger partial charge in [-0.2, -0.15) is 0 Å². The van der Waals surface area contributed by atoms with Crippen LogP contribution in [0.4, 0.5) is 0 Å². The topological polar surface area (TPSA) is 64.6 Å². The molecule has 1 amide bonds. The molecule has 5 nitrogen and oxygen atoms in total. The molecule has 3 atom stereocenters. The molecule has 1 aromatic rings. The molecule has 1 N–H and O–H groups in total. The number of benzene rings is 1. The molecule has 158 valence electrons. The fraction of sp³-hybridized carbons (Fsp3) is 0.619. The lowest BCUT2D eigenvalue weighted by atomic mass is 10.1. The Morgan fingerprint density at radius 2 is 1.54 bits per heavy atom. The smallest absolute Gasteiger partial charge is 0.331 e. The van der Waals surface area contributed by atoms with Crippen molar-refractivity contribution in [3.05, 3.63) is 29.3 Å². The second-order valence-electron chi connectivity index (χ2n) is 8.67. The van der Waals surface area contributed by atoms with Crippen molar-refractivity contribution in [2.75, 3.05) is 0 Å². The van der Waals surface area contributed by atoms with Gasteiger partial charge in [0.05, 0.1) is 17.0 Å². The Morgan fingerprint density at radius 3 is 2.00 bits per heavy atom. The lowest BCUT2D eigenvalue weighted by Crippen LogP contribution is -2.53. The average Bonchev–Trinajstić information content (AvgIpc) is 2.50. The van der Waals surface area contributed by atoms with Gasteiger partial charge in [0.15, 0.2) is 6.04 Å². The van der Waals surface area contributed by atoms with Crippen LogP contribution in [0.2, 0.25) is 5.02 Å². The van der Waals surface area contributed by atoms with Crippen LogP contribution in [0.1, 0.15) is 55.4 Å². The van der Waals surface area contributed by atoms with E-state index in [1.54, 1.807) is 46.8 Å². The molecule has 0 radical (unpaired) electrons. The van der Waals surface area contributed by atoms with Crippen LogP contribution in [0.15, 0.2) is 29.2 Å². The third-order valence-corrected chi connectivity index (χ3v) is 4.83. The van der Waals surface area contributed by atoms with E-state index in [1.165, 1.54) is 11.8 Å². The standard InChI is InChI=1S/C21H32ClNO4S/c1-13(26-20(3,4)5)17(19(25)27-21(6,7)8)23-18(24)14(2)28-16-11-9-15(22)10-12-16/h9-14,17H,1-8H3,(H,23,24)/t13-,14-,17+/m0/s1. The van der Waals surface area contributed by atoms with Crippen LogP contribution in [0.5, 0.6) is 0 Å². The van der Waals surface area contributed by atoms with Gasteiger partial charge in [0.25, 0.3) is 0 Å². The van der Waals surface area contributed by atoms with E-state index in [9.17, 15) is 9.59 Å². The highest BCUT2D eigenvalue weighted by molar-refractivity contribution is 8.00. The molecular formula is C21H32ClNO4S. The molecule has 0 unspecified atom stereocenters. The number of halogens is 1. The van der Waals surface area contributed by atoms with Crippen LogP contribution in [0, 0.1) is 0 Å². The highest BCUT2D eigenvalue weighted by Crippen LogP contribution is 2.25. The van der Waals surface area contributed by atoms with Crippen molar-refractivity contribution in [3.8, 4) is 0 Å². The minimum absolute atomic E-state index is 0.264. The van der Waals surface area contributed by atoms with Gasteiger partial charge < -0.3 is 14.8 Å². The Kier molecular flexibility index (Phi) is 8.85. The van der Waals surface area contributed by atoms with E-state index in [1.807, 2.05) is 32.9 Å². The largest absolute Gasteiger partial charge is 0.458 e. The Bertz CT molecular complexity index is 664. The molecule has 0 aliphatic carbocycles. The summed E-state index contributed by atoms with van der Waals surface area (Å²) in [5, 5.41) is 3.04. The number of thioether (sulfide) groups is 1. The van der Waals surface area contributed by atoms with Crippen LogP contribution in [-0.2, 0) is 19.1 Å². The monoisotopic (exact) mass is 429 g/mol. The molecule has 0 saturated carbocycles. The number of hydrogen-bond donors (Lipinski definition) is 1. The molecule has 0 spiro atoms. The maximum atomic E-state index is 12.7. The normalized spacial score (nSPS) is 15.5. The zero-order valence-corrected chi connectivity index (χ0v) is 19.5. The average molecular weight is 430 g/mol. The van der Waals surface area contributed by atoms with Crippen molar-refractivity contribution in [3.63, 3.8) is 0 Å². The van der Waals surface area contributed by atoms with Crippen LogP contribution in [-0.4, -0.2) is 40.5 Å². The minimum Gasteiger partial charge on any atom is -0.458 e. The molecule has 0 aliphatic heterocycles. The van der Waals surface area contributed by atoms with E-state index < -0.39 is 34.6 Å². The summed E-state index contributed by atoms with van der Waals surface area (Å²) in [4.78, 5) is 26.4. The maximum Gasteiger partial charge on any atom is 0.331 e. The maximum absolute atomic E-state index is 12.7. The first-order valence-corrected chi connectivity index (χ1v) is 10.6. The van der Waals surface area contributed by atoms with Crippen molar-refractivity contribution < 1.29 is 19.1 Å². The molecular weight excluding hydrogens is 398 g/mol. The lowest BCUT2D eigenvalue weighted by Gasteiger charge is -2.32. The zero-order valence-electron chi connectivity index (χ0n) is 18.0. The number of carbonyl (C=O) groups excluding carboxylic acids is 2. The Balaban J connectivity index is 2.88. The van der Waals surface area contributed by atoms with E-state index in [0.29, 0.717) is 5.02 Å². The van der Waals surface area contributed by atoms with Gasteiger partial charge in [-0.05, 0) is 79.7 Å². The molecule has 0 aliphatic rings. The van der Waals surface area contributed by atoms with E-state index in [2.05, 4.69) is 5.32 Å². The summed E-state index contributed by atoms with van der Waals surface area (Å²) in [6.45, 7) is 14.6. The highest BCUT2D eigenvalue weighted by Gasteiger charge is 2.35. The summed E-state index contributed by atoms with van der Waals surface area (Å²) >= 11 is 7.29. The number of carbonyl (C=O) groups is 2. The van der Waals surface area contributed by atoms with E-state index >= 15 is 0 Å². The number of hydrogen-bond acceptors (Lipinski definition) is 5. The molecule has 7 heteroatoms. The summed E-state index contributed by atoms with van der Waals surface area (Å²) in [5.41, 5.74) is -1.13. The first-order valence-electron chi connectivity index (χ1n) is 9.31. The molecule has 0 fully saturated rings. The van der Waals surface area contributed by atoms with Crippen molar-refractivity contribution in [2.24, 2.45) is 0 Å². The summed E-state index contributed by atoms with van der Waals surface area (Å²) in [6, 6.07) is 6.36. The van der Waals surface area contributed by atoms with Crippen LogP contribution in [0.3, 0.4) is 0 Å². The third kappa shape index (κ3) is 9.30. The van der Waals surface area contributed by atoms with Gasteiger partial charge >= 0.3 is 5.97 Å². The predicted octanol–water partition coefficient (Wildman–Crippen LogP) is 4.85. The lowest BCUT2D eigenvalue weighted by molar-refractivity contribution is -0.166. The first kappa shape index (κ1) is 24.8. The van der Waals surface area contributed by atoms with Gasteiger partial charge in [-0.1, -0.05) is 11.6 Å². The highest BCUT2D eigenvalue weighted by atomic mass is 35.5. The van der Waals surface area contributed by atoms with Crippen LogP contribution < -0.4 is 5.32 Å². The van der Waals surface area contributed by atoms with Crippen LogP contribution in [0.25, 0.3) is 0 Å². The summed E-state index contributed by atoms with van der Waals surface area (Å²) < 4.78 is 11.4. The fourth-order valence-corrected chi connectivity index (χ4v) is 3.40. The molecule has 0 saturated heterocycles. The van der Waals surface area contributed by atoms with Gasteiger partial charge in [-0.3, -0.25) is 4.79 Å². The van der Waals surface area contributed by atoms with Gasteiger partial charge in [0, 0.05) is 9.92 Å². The van der Waals surface area contributed by atoms with E-state index in [0.717, 1.165) is 4.90 Å². The number of esters is 1.